The Morgan fingerprint density at radius 1 is 1.50 bits per heavy atom. The quantitative estimate of drug-likeness (QED) is 0.425. The van der Waals surface area contributed by atoms with E-state index in [0.717, 1.165) is 12.1 Å². The number of alkyl halides is 2. The molecule has 0 radical (unpaired) electrons. The average molecular weight is 202 g/mol. The van der Waals surface area contributed by atoms with E-state index in [9.17, 15) is 23.7 Å². The van der Waals surface area contributed by atoms with Crippen LogP contribution in [0.3, 0.4) is 0 Å². The molecule has 1 aromatic rings. The highest BCUT2D eigenvalue weighted by atomic mass is 19.3. The zero-order chi connectivity index (χ0) is 10.7. The molecule has 0 aromatic carbocycles. The van der Waals surface area contributed by atoms with Gasteiger partial charge in [0.25, 0.3) is 12.1 Å². The van der Waals surface area contributed by atoms with Gasteiger partial charge in [0, 0.05) is 6.07 Å². The lowest BCUT2D eigenvalue weighted by Crippen LogP contribution is -2.01. The predicted octanol–water partition coefficient (Wildman–Crippen LogP) is 1.74. The third-order valence-corrected chi connectivity index (χ3v) is 1.45. The Hall–Kier alpha value is -1.92. The third kappa shape index (κ3) is 1.87. The van der Waals surface area contributed by atoms with Crippen LogP contribution in [0.5, 0.6) is 0 Å². The second-order valence-electron chi connectivity index (χ2n) is 2.32. The fraction of sp³-hybridized carbons (Fsp3) is 0.143. The Balaban J connectivity index is 3.30. The van der Waals surface area contributed by atoms with Gasteiger partial charge in [0.15, 0.2) is 12.0 Å². The topological polar surface area (TPSA) is 73.1 Å². The number of aromatic nitrogens is 1. The van der Waals surface area contributed by atoms with Crippen molar-refractivity contribution in [3.8, 4) is 0 Å². The molecule has 0 atom stereocenters. The van der Waals surface area contributed by atoms with Crippen molar-refractivity contribution in [1.29, 1.82) is 0 Å². The Morgan fingerprint density at radius 3 is 2.57 bits per heavy atom. The summed E-state index contributed by atoms with van der Waals surface area (Å²) in [5.74, 6) is 0. The lowest BCUT2D eigenvalue weighted by Gasteiger charge is -2.00. The van der Waals surface area contributed by atoms with Crippen molar-refractivity contribution in [3.63, 3.8) is 0 Å². The maximum Gasteiger partial charge on any atom is 0.296 e. The van der Waals surface area contributed by atoms with Crippen LogP contribution < -0.4 is 0 Å². The largest absolute Gasteiger partial charge is 0.296 e. The van der Waals surface area contributed by atoms with Crippen LogP contribution in [-0.4, -0.2) is 16.2 Å². The van der Waals surface area contributed by atoms with Gasteiger partial charge in [-0.1, -0.05) is 0 Å². The normalized spacial score (nSPS) is 10.2. The summed E-state index contributed by atoms with van der Waals surface area (Å²) in [4.78, 5) is 22.6. The first-order chi connectivity index (χ1) is 6.56. The summed E-state index contributed by atoms with van der Waals surface area (Å²) in [6.07, 6.45) is -2.83. The van der Waals surface area contributed by atoms with Crippen LogP contribution in [0.2, 0.25) is 0 Å². The summed E-state index contributed by atoms with van der Waals surface area (Å²) in [6.45, 7) is 0. The Labute approximate surface area is 76.5 Å². The van der Waals surface area contributed by atoms with Crippen LogP contribution in [0.15, 0.2) is 12.1 Å². The van der Waals surface area contributed by atoms with E-state index >= 15 is 0 Å². The van der Waals surface area contributed by atoms with Crippen LogP contribution in [0.25, 0.3) is 0 Å². The molecule has 0 bridgehead atoms. The van der Waals surface area contributed by atoms with Crippen molar-refractivity contribution in [3.05, 3.63) is 33.6 Å². The fourth-order valence-electron chi connectivity index (χ4n) is 0.864. The Kier molecular flexibility index (Phi) is 2.80. The van der Waals surface area contributed by atoms with Gasteiger partial charge in [0.1, 0.15) is 5.69 Å². The van der Waals surface area contributed by atoms with Gasteiger partial charge in [-0.3, -0.25) is 14.9 Å². The monoisotopic (exact) mass is 202 g/mol. The molecule has 1 heterocycles. The van der Waals surface area contributed by atoms with Crippen molar-refractivity contribution in [2.24, 2.45) is 0 Å². The maximum atomic E-state index is 12.2. The van der Waals surface area contributed by atoms with Gasteiger partial charge in [0.2, 0.25) is 0 Å². The number of hydrogen-bond donors (Lipinski definition) is 0. The molecule has 0 saturated heterocycles. The van der Waals surface area contributed by atoms with Crippen LogP contribution >= 0.6 is 0 Å². The van der Waals surface area contributed by atoms with Gasteiger partial charge in [-0.15, -0.1) is 0 Å². The van der Waals surface area contributed by atoms with Crippen molar-refractivity contribution in [2.75, 3.05) is 0 Å². The fourth-order valence-corrected chi connectivity index (χ4v) is 0.864. The second-order valence-corrected chi connectivity index (χ2v) is 2.32. The molecule has 5 nitrogen and oxygen atoms in total. The third-order valence-electron chi connectivity index (χ3n) is 1.45. The summed E-state index contributed by atoms with van der Waals surface area (Å²) < 4.78 is 24.4. The van der Waals surface area contributed by atoms with E-state index in [1.807, 2.05) is 0 Å². The molecule has 0 N–H and O–H groups in total. The first-order valence-corrected chi connectivity index (χ1v) is 3.45. The van der Waals surface area contributed by atoms with Gasteiger partial charge < -0.3 is 0 Å². The van der Waals surface area contributed by atoms with Gasteiger partial charge in [0.05, 0.1) is 4.92 Å². The number of carbonyl (C=O) groups is 1. The lowest BCUT2D eigenvalue weighted by molar-refractivity contribution is -0.386. The highest BCUT2D eigenvalue weighted by Crippen LogP contribution is 2.26. The number of nitro groups is 1. The molecular weight excluding hydrogens is 198 g/mol. The number of hydrogen-bond acceptors (Lipinski definition) is 4. The molecule has 0 spiro atoms. The van der Waals surface area contributed by atoms with Crippen LogP contribution in [0.4, 0.5) is 14.5 Å². The molecule has 0 saturated carbocycles. The minimum Gasteiger partial charge on any atom is -0.296 e. The van der Waals surface area contributed by atoms with Crippen molar-refractivity contribution >= 4 is 12.0 Å². The molecule has 0 unspecified atom stereocenters. The molecular formula is C7H4F2N2O3. The summed E-state index contributed by atoms with van der Waals surface area (Å²) >= 11 is 0. The molecule has 1 rings (SSSR count). The first kappa shape index (κ1) is 10.2. The van der Waals surface area contributed by atoms with Gasteiger partial charge in [-0.05, 0) is 6.07 Å². The lowest BCUT2D eigenvalue weighted by atomic mass is 10.2. The van der Waals surface area contributed by atoms with E-state index in [-0.39, 0.29) is 12.0 Å². The van der Waals surface area contributed by atoms with E-state index in [1.54, 1.807) is 0 Å². The van der Waals surface area contributed by atoms with Crippen LogP contribution in [0.1, 0.15) is 22.6 Å². The number of rotatable bonds is 3. The second kappa shape index (κ2) is 3.86. The molecule has 0 fully saturated rings. The van der Waals surface area contributed by atoms with Gasteiger partial charge >= 0.3 is 0 Å². The summed E-state index contributed by atoms with van der Waals surface area (Å²) in [7, 11) is 0. The zero-order valence-electron chi connectivity index (χ0n) is 6.68. The molecule has 0 amide bonds. The van der Waals surface area contributed by atoms with E-state index in [4.69, 9.17) is 0 Å². The van der Waals surface area contributed by atoms with Crippen LogP contribution in [0, 0.1) is 10.1 Å². The molecule has 14 heavy (non-hydrogen) atoms. The molecule has 0 aliphatic rings. The average Bonchev–Trinajstić information content (AvgIpc) is 2.16. The van der Waals surface area contributed by atoms with E-state index in [2.05, 4.69) is 4.98 Å². The van der Waals surface area contributed by atoms with Crippen molar-refractivity contribution < 1.29 is 18.5 Å². The number of aldehydes is 1. The Morgan fingerprint density at radius 2 is 2.14 bits per heavy atom. The molecule has 0 aliphatic heterocycles. The minimum absolute atomic E-state index is 0.246. The Bertz CT molecular complexity index is 381. The van der Waals surface area contributed by atoms with Crippen molar-refractivity contribution in [1.82, 2.24) is 4.98 Å². The highest BCUT2D eigenvalue weighted by Gasteiger charge is 2.23. The molecule has 0 aliphatic carbocycles. The summed E-state index contributed by atoms with van der Waals surface area (Å²) in [5.41, 5.74) is -2.03. The SMILES string of the molecule is O=Cc1ccc([N+](=O)[O-])c(C(F)F)n1. The number of nitrogens with zero attached hydrogens (tertiary/aromatic N) is 2. The smallest absolute Gasteiger partial charge is 0.296 e. The van der Waals surface area contributed by atoms with E-state index in [1.165, 1.54) is 0 Å². The van der Waals surface area contributed by atoms with Gasteiger partial charge in [-0.2, -0.15) is 0 Å². The molecule has 7 heteroatoms. The summed E-state index contributed by atoms with van der Waals surface area (Å²) in [6, 6.07) is 1.84. The molecule has 74 valence electrons. The minimum atomic E-state index is -3.07. The predicted molar refractivity (Wildman–Crippen MR) is 41.2 cm³/mol. The number of carbonyl (C=O) groups excluding carboxylic acids is 1. The molecule has 1 aromatic heterocycles. The standard InChI is InChI=1S/C7H4F2N2O3/c8-7(9)6-5(11(13)14)2-1-4(3-12)10-6/h1-3,7H. The van der Waals surface area contributed by atoms with Crippen molar-refractivity contribution in [2.45, 2.75) is 6.43 Å². The maximum absolute atomic E-state index is 12.2. The number of pyridine rings is 1. The van der Waals surface area contributed by atoms with E-state index < -0.39 is 22.7 Å². The summed E-state index contributed by atoms with van der Waals surface area (Å²) in [5, 5.41) is 10.3. The van der Waals surface area contributed by atoms with Crippen LogP contribution in [-0.2, 0) is 0 Å². The number of halogens is 2. The van der Waals surface area contributed by atoms with E-state index in [0.29, 0.717) is 0 Å². The highest BCUT2D eigenvalue weighted by molar-refractivity contribution is 5.72. The zero-order valence-corrected chi connectivity index (χ0v) is 6.68. The van der Waals surface area contributed by atoms with Gasteiger partial charge in [-0.25, -0.2) is 13.8 Å². The first-order valence-electron chi connectivity index (χ1n) is 3.45.